The molecule has 19 heavy (non-hydrogen) atoms. The molecule has 1 N–H and O–H groups in total. The summed E-state index contributed by atoms with van der Waals surface area (Å²) in [5, 5.41) is 3.01. The Morgan fingerprint density at radius 2 is 2.32 bits per heavy atom. The van der Waals surface area contributed by atoms with E-state index in [-0.39, 0.29) is 5.69 Å². The summed E-state index contributed by atoms with van der Waals surface area (Å²) in [6.07, 6.45) is 3.86. The highest BCUT2D eigenvalue weighted by atomic mass is 35.5. The summed E-state index contributed by atoms with van der Waals surface area (Å²) in [6.45, 7) is 0. The van der Waals surface area contributed by atoms with Gasteiger partial charge in [-0.2, -0.15) is 11.8 Å². The number of nitrogens with zero attached hydrogens (tertiary/aromatic N) is 1. The first kappa shape index (κ1) is 15.8. The van der Waals surface area contributed by atoms with Gasteiger partial charge >= 0.3 is 5.97 Å². The molecule has 0 bridgehead atoms. The molecule has 0 spiro atoms. The predicted molar refractivity (Wildman–Crippen MR) is 75.5 cm³/mol. The fraction of sp³-hybridized carbons (Fsp3) is 0.417. The Labute approximate surface area is 121 Å². The summed E-state index contributed by atoms with van der Waals surface area (Å²) in [6, 6.07) is 2.34. The summed E-state index contributed by atoms with van der Waals surface area (Å²) in [5.41, 5.74) is 0.172. The highest BCUT2D eigenvalue weighted by molar-refractivity contribution is 7.98. The van der Waals surface area contributed by atoms with E-state index in [4.69, 9.17) is 11.6 Å². The molecule has 0 saturated carbocycles. The van der Waals surface area contributed by atoms with Crippen LogP contribution in [0.5, 0.6) is 0 Å². The Morgan fingerprint density at radius 3 is 2.89 bits per heavy atom. The minimum absolute atomic E-state index is 0.172. The largest absolute Gasteiger partial charge is 0.467 e. The van der Waals surface area contributed by atoms with Gasteiger partial charge in [-0.25, -0.2) is 4.79 Å². The molecule has 0 aliphatic heterocycles. The van der Waals surface area contributed by atoms with E-state index in [1.165, 1.54) is 19.4 Å². The summed E-state index contributed by atoms with van der Waals surface area (Å²) in [4.78, 5) is 27.4. The lowest BCUT2D eigenvalue weighted by molar-refractivity contribution is -0.142. The van der Waals surface area contributed by atoms with E-state index < -0.39 is 17.9 Å². The quantitative estimate of drug-likeness (QED) is 0.811. The van der Waals surface area contributed by atoms with E-state index in [0.29, 0.717) is 11.4 Å². The normalized spacial score (nSPS) is 11.7. The van der Waals surface area contributed by atoms with Crippen LogP contribution in [-0.2, 0) is 9.53 Å². The van der Waals surface area contributed by atoms with E-state index in [9.17, 15) is 9.59 Å². The van der Waals surface area contributed by atoms with Gasteiger partial charge in [-0.15, -0.1) is 0 Å². The number of amides is 1. The number of esters is 1. The molecule has 1 amide bonds. The van der Waals surface area contributed by atoms with E-state index in [2.05, 4.69) is 15.0 Å². The fourth-order valence-corrected chi connectivity index (χ4v) is 2.02. The van der Waals surface area contributed by atoms with Crippen molar-refractivity contribution in [1.29, 1.82) is 0 Å². The number of rotatable bonds is 6. The molecule has 0 saturated heterocycles. The van der Waals surface area contributed by atoms with E-state index >= 15 is 0 Å². The van der Waals surface area contributed by atoms with Crippen molar-refractivity contribution in [3.05, 3.63) is 29.0 Å². The number of thioether (sulfide) groups is 1. The van der Waals surface area contributed by atoms with Crippen LogP contribution in [0.3, 0.4) is 0 Å². The number of ether oxygens (including phenoxy) is 1. The van der Waals surface area contributed by atoms with Crippen molar-refractivity contribution in [3.63, 3.8) is 0 Å². The molecular formula is C12H15ClN2O3S. The molecule has 0 aliphatic rings. The van der Waals surface area contributed by atoms with Crippen LogP contribution in [0.15, 0.2) is 18.3 Å². The predicted octanol–water partition coefficient (Wildman–Crippen LogP) is 1.76. The summed E-state index contributed by atoms with van der Waals surface area (Å²) >= 11 is 7.37. The van der Waals surface area contributed by atoms with E-state index in [1.807, 2.05) is 6.26 Å². The van der Waals surface area contributed by atoms with Crippen LogP contribution in [0, 0.1) is 0 Å². The average Bonchev–Trinajstić information content (AvgIpc) is 2.42. The number of carbonyl (C=O) groups excluding carboxylic acids is 2. The molecule has 1 heterocycles. The van der Waals surface area contributed by atoms with Gasteiger partial charge in [-0.3, -0.25) is 9.78 Å². The Morgan fingerprint density at radius 1 is 1.58 bits per heavy atom. The SMILES string of the molecule is COC(=O)[C@@H](CCSC)NC(=O)c1cc(Cl)ccn1. The highest BCUT2D eigenvalue weighted by Gasteiger charge is 2.22. The Hall–Kier alpha value is -1.27. The molecule has 1 atom stereocenters. The number of methoxy groups -OCH3 is 1. The minimum Gasteiger partial charge on any atom is -0.467 e. The monoisotopic (exact) mass is 302 g/mol. The van der Waals surface area contributed by atoms with Crippen LogP contribution < -0.4 is 5.32 Å². The van der Waals surface area contributed by atoms with Crippen molar-refractivity contribution in [2.24, 2.45) is 0 Å². The first-order valence-corrected chi connectivity index (χ1v) is 7.35. The number of pyridine rings is 1. The van der Waals surface area contributed by atoms with Crippen LogP contribution in [0.1, 0.15) is 16.9 Å². The molecule has 0 aromatic carbocycles. The van der Waals surface area contributed by atoms with E-state index in [1.54, 1.807) is 17.8 Å². The number of halogens is 1. The third kappa shape index (κ3) is 5.08. The molecule has 1 aromatic rings. The standard InChI is InChI=1S/C12H15ClN2O3S/c1-18-12(17)9(4-6-19-2)15-11(16)10-7-8(13)3-5-14-10/h3,5,7,9H,4,6H2,1-2H3,(H,15,16)/t9-/m1/s1. The lowest BCUT2D eigenvalue weighted by Crippen LogP contribution is -2.42. The first-order valence-electron chi connectivity index (χ1n) is 5.57. The zero-order valence-corrected chi connectivity index (χ0v) is 12.3. The maximum atomic E-state index is 11.9. The molecule has 0 radical (unpaired) electrons. The van der Waals surface area contributed by atoms with Crippen LogP contribution in [-0.4, -0.2) is 42.0 Å². The topological polar surface area (TPSA) is 68.3 Å². The molecular weight excluding hydrogens is 288 g/mol. The number of carbonyl (C=O) groups is 2. The van der Waals surface area contributed by atoms with Gasteiger partial charge in [0.1, 0.15) is 11.7 Å². The third-order valence-corrected chi connectivity index (χ3v) is 3.24. The first-order chi connectivity index (χ1) is 9.08. The minimum atomic E-state index is -0.675. The Kier molecular flexibility index (Phi) is 6.66. The molecule has 1 rings (SSSR count). The van der Waals surface area contributed by atoms with Crippen LogP contribution in [0.4, 0.5) is 0 Å². The van der Waals surface area contributed by atoms with Crippen LogP contribution in [0.2, 0.25) is 5.02 Å². The molecule has 0 fully saturated rings. The molecule has 5 nitrogen and oxygen atoms in total. The maximum Gasteiger partial charge on any atom is 0.328 e. The summed E-state index contributed by atoms with van der Waals surface area (Å²) in [7, 11) is 1.29. The van der Waals surface area contributed by atoms with Crippen molar-refractivity contribution in [2.45, 2.75) is 12.5 Å². The van der Waals surface area contributed by atoms with Crippen LogP contribution >= 0.6 is 23.4 Å². The van der Waals surface area contributed by atoms with Gasteiger partial charge < -0.3 is 10.1 Å². The second-order valence-electron chi connectivity index (χ2n) is 3.69. The Bertz CT molecular complexity index is 456. The fourth-order valence-electron chi connectivity index (χ4n) is 1.39. The van der Waals surface area contributed by atoms with Gasteiger partial charge in [0.05, 0.1) is 7.11 Å². The molecule has 104 valence electrons. The van der Waals surface area contributed by atoms with Gasteiger partial charge in [0.15, 0.2) is 0 Å². The molecule has 7 heteroatoms. The van der Waals surface area contributed by atoms with Crippen molar-refractivity contribution in [1.82, 2.24) is 10.3 Å². The number of aromatic nitrogens is 1. The maximum absolute atomic E-state index is 11.9. The van der Waals surface area contributed by atoms with Gasteiger partial charge in [0, 0.05) is 11.2 Å². The number of hydrogen-bond donors (Lipinski definition) is 1. The lowest BCUT2D eigenvalue weighted by atomic mass is 10.2. The van der Waals surface area contributed by atoms with Gasteiger partial charge in [0.2, 0.25) is 0 Å². The highest BCUT2D eigenvalue weighted by Crippen LogP contribution is 2.09. The molecule has 0 aliphatic carbocycles. The van der Waals surface area contributed by atoms with Crippen LogP contribution in [0.25, 0.3) is 0 Å². The lowest BCUT2D eigenvalue weighted by Gasteiger charge is -2.15. The zero-order chi connectivity index (χ0) is 14.3. The van der Waals surface area contributed by atoms with Crippen molar-refractivity contribution in [2.75, 3.05) is 19.1 Å². The van der Waals surface area contributed by atoms with Crippen molar-refractivity contribution in [3.8, 4) is 0 Å². The average molecular weight is 303 g/mol. The van der Waals surface area contributed by atoms with Gasteiger partial charge in [-0.1, -0.05) is 11.6 Å². The second kappa shape index (κ2) is 8.01. The summed E-state index contributed by atoms with van der Waals surface area (Å²) in [5.74, 6) is -0.174. The van der Waals surface area contributed by atoms with E-state index in [0.717, 1.165) is 5.75 Å². The van der Waals surface area contributed by atoms with Gasteiger partial charge in [-0.05, 0) is 30.6 Å². The second-order valence-corrected chi connectivity index (χ2v) is 5.11. The zero-order valence-electron chi connectivity index (χ0n) is 10.7. The van der Waals surface area contributed by atoms with Crippen molar-refractivity contribution < 1.29 is 14.3 Å². The molecule has 1 aromatic heterocycles. The number of hydrogen-bond acceptors (Lipinski definition) is 5. The van der Waals surface area contributed by atoms with Gasteiger partial charge in [0.25, 0.3) is 5.91 Å². The third-order valence-electron chi connectivity index (χ3n) is 2.36. The Balaban J connectivity index is 2.72. The molecule has 0 unspecified atom stereocenters. The van der Waals surface area contributed by atoms with Crippen molar-refractivity contribution >= 4 is 35.2 Å². The number of nitrogens with one attached hydrogen (secondary N) is 1. The summed E-state index contributed by atoms with van der Waals surface area (Å²) < 4.78 is 4.66. The smallest absolute Gasteiger partial charge is 0.328 e.